The Labute approximate surface area is 394 Å². The minimum absolute atomic E-state index is 0. The summed E-state index contributed by atoms with van der Waals surface area (Å²) in [6, 6.07) is 52.5. The van der Waals surface area contributed by atoms with Crippen molar-refractivity contribution < 1.29 is 71.5 Å². The molecule has 304 valence electrons. The minimum Gasteiger partial charge on any atom is -1.00 e. The van der Waals surface area contributed by atoms with Crippen LogP contribution in [0.4, 0.5) is 0 Å². The number of rotatable bonds is 8. The largest absolute Gasteiger partial charge is 1.00 e. The van der Waals surface area contributed by atoms with Gasteiger partial charge in [-0.15, -0.1) is 162 Å². The number of halogens is 2. The van der Waals surface area contributed by atoms with Gasteiger partial charge in [0.05, 0.1) is 0 Å². The first kappa shape index (κ1) is 54.1. The van der Waals surface area contributed by atoms with E-state index in [4.69, 9.17) is 0 Å². The molecule has 0 unspecified atom stereocenters. The summed E-state index contributed by atoms with van der Waals surface area (Å²) >= 11 is 3.48. The van der Waals surface area contributed by atoms with Crippen LogP contribution in [0.5, 0.6) is 0 Å². The molecule has 0 bridgehead atoms. The van der Waals surface area contributed by atoms with Crippen molar-refractivity contribution in [2.24, 2.45) is 0 Å². The van der Waals surface area contributed by atoms with Gasteiger partial charge in [-0.25, -0.2) is 0 Å². The molecule has 0 fully saturated rings. The zero-order chi connectivity index (χ0) is 40.7. The number of hydrogen-bond acceptors (Lipinski definition) is 0. The van der Waals surface area contributed by atoms with Gasteiger partial charge >= 0.3 is 83.7 Å². The van der Waals surface area contributed by atoms with Crippen molar-refractivity contribution in [2.75, 3.05) is 0 Å². The van der Waals surface area contributed by atoms with Gasteiger partial charge in [0.1, 0.15) is 0 Å². The molecule has 0 amide bonds. The fourth-order valence-corrected chi connectivity index (χ4v) is 6.59. The molecule has 0 spiro atoms. The van der Waals surface area contributed by atoms with E-state index in [9.17, 15) is 0 Å². The van der Waals surface area contributed by atoms with Crippen molar-refractivity contribution in [2.45, 2.75) is 105 Å². The average molecular weight is 999 g/mol. The summed E-state index contributed by atoms with van der Waals surface area (Å²) in [6.07, 6.45) is 9.74. The van der Waals surface area contributed by atoms with Crippen molar-refractivity contribution in [3.8, 4) is 0 Å². The molecular weight excluding hydrogens is 934 g/mol. The van der Waals surface area contributed by atoms with Crippen LogP contribution in [0.15, 0.2) is 146 Å². The molecule has 0 aromatic heterocycles. The predicted molar refractivity (Wildman–Crippen MR) is 249 cm³/mol. The Hall–Kier alpha value is -1.90. The van der Waals surface area contributed by atoms with Crippen LogP contribution in [-0.2, 0) is 72.4 Å². The van der Waals surface area contributed by atoms with E-state index in [1.165, 1.54) is 117 Å². The number of hydrogen-bond donors (Lipinski definition) is 0. The van der Waals surface area contributed by atoms with E-state index in [-0.39, 0.29) is 35.7 Å². The maximum absolute atomic E-state index is 2.31. The molecule has 0 atom stereocenters. The molecule has 8 aromatic rings. The Morgan fingerprint density at radius 2 is 0.534 bits per heavy atom. The average Bonchev–Trinajstić information content (AvgIpc) is 3.96. The normalized spacial score (nSPS) is 9.86. The maximum atomic E-state index is 2.31. The van der Waals surface area contributed by atoms with Crippen molar-refractivity contribution in [3.63, 3.8) is 0 Å². The molecule has 0 aliphatic heterocycles. The molecule has 8 aromatic carbocycles. The molecule has 58 heavy (non-hydrogen) atoms. The van der Waals surface area contributed by atoms with Gasteiger partial charge in [0.2, 0.25) is 0 Å². The summed E-state index contributed by atoms with van der Waals surface area (Å²) in [5.74, 6) is 0. The second-order valence-electron chi connectivity index (χ2n) is 15.0. The Balaban J connectivity index is 0.000000360. The summed E-state index contributed by atoms with van der Waals surface area (Å²) in [7, 11) is 0. The minimum atomic E-state index is 0. The fourth-order valence-electron chi connectivity index (χ4n) is 6.59. The molecular formula is C52H64Cl2Si2Zr2-2. The summed E-state index contributed by atoms with van der Waals surface area (Å²) in [5, 5.41) is 11.0. The van der Waals surface area contributed by atoms with E-state index in [0.29, 0.717) is 0 Å². The van der Waals surface area contributed by atoms with Crippen LogP contribution in [-0.4, -0.2) is 10.9 Å². The van der Waals surface area contributed by atoms with Crippen molar-refractivity contribution >= 4 is 54.0 Å². The van der Waals surface area contributed by atoms with E-state index < -0.39 is 0 Å². The van der Waals surface area contributed by atoms with Crippen LogP contribution >= 0.6 is 0 Å². The van der Waals surface area contributed by atoms with Crippen LogP contribution in [0.2, 0.25) is 26.2 Å². The van der Waals surface area contributed by atoms with Gasteiger partial charge in [0, 0.05) is 0 Å². The summed E-state index contributed by atoms with van der Waals surface area (Å²) in [5.41, 5.74) is 6.30. The van der Waals surface area contributed by atoms with Crippen LogP contribution in [0.1, 0.15) is 75.6 Å². The van der Waals surface area contributed by atoms with Gasteiger partial charge < -0.3 is 24.8 Å². The first-order chi connectivity index (χ1) is 27.1. The Bertz CT molecular complexity index is 1860. The number of benzene rings is 4. The van der Waals surface area contributed by atoms with Gasteiger partial charge in [0.25, 0.3) is 0 Å². The van der Waals surface area contributed by atoms with Gasteiger partial charge in [-0.05, 0) is 25.7 Å². The van der Waals surface area contributed by atoms with E-state index in [0.717, 1.165) is 0 Å². The van der Waals surface area contributed by atoms with Gasteiger partial charge in [-0.3, -0.25) is 0 Å². The fraction of sp³-hybridized carbons (Fsp3) is 0.308. The van der Waals surface area contributed by atoms with Crippen molar-refractivity contribution in [1.82, 2.24) is 0 Å². The van der Waals surface area contributed by atoms with E-state index >= 15 is 0 Å². The van der Waals surface area contributed by atoms with Gasteiger partial charge in [0.15, 0.2) is 0 Å². The molecule has 0 N–H and O–H groups in total. The molecule has 0 aliphatic carbocycles. The van der Waals surface area contributed by atoms with Crippen molar-refractivity contribution in [1.29, 1.82) is 0 Å². The Morgan fingerprint density at radius 1 is 0.362 bits per heavy atom. The van der Waals surface area contributed by atoms with E-state index in [2.05, 4.69) is 199 Å². The van der Waals surface area contributed by atoms with E-state index in [1.807, 2.05) is 0 Å². The number of aryl methyl sites for hydroxylation is 4. The molecule has 0 heterocycles. The van der Waals surface area contributed by atoms with Crippen molar-refractivity contribution in [3.05, 3.63) is 168 Å². The smallest absolute Gasteiger partial charge is 1.00 e. The third kappa shape index (κ3) is 20.6. The second kappa shape index (κ2) is 31.0. The van der Waals surface area contributed by atoms with E-state index in [1.54, 1.807) is 46.7 Å². The van der Waals surface area contributed by atoms with Gasteiger partial charge in [-0.1, -0.05) is 77.6 Å². The summed E-state index contributed by atoms with van der Waals surface area (Å²) in [6.45, 7) is 18.1. The van der Waals surface area contributed by atoms with Crippen LogP contribution in [0.25, 0.3) is 43.1 Å². The maximum Gasteiger partial charge on any atom is -1.00 e. The first-order valence-corrected chi connectivity index (χ1v) is 33.0. The molecule has 0 aliphatic rings. The quantitative estimate of drug-likeness (QED) is 0.105. The number of fused-ring (bicyclic) bond motifs is 4. The Kier molecular flexibility index (Phi) is 28.9. The SMILES string of the molecule is CCCc1cc2ccccc2[cH-]1.CCCc1cc2ccccc2[cH-]1.CCCc1cc2ccccc2[cH-]1.CCCc1cc2ccccc2[cH-]1.C[Si](C)=[Zr+2].C[Si](C)=[Zr+2].[Cl-].[Cl-]. The standard InChI is InChI=1S/4C12H13.2C2H6Si.2ClH.2Zr/c4*1-2-5-10-8-11-6-3-4-7-12(11)9-10;2*1-3-2;;;;/h4*3-4,6-9H,2,5H2,1H3;2*1-2H3;2*1H;;/q4*-1;;;;;2*+2/p-2. The zero-order valence-electron chi connectivity index (χ0n) is 36.3. The third-order valence-corrected chi connectivity index (χ3v) is 8.87. The van der Waals surface area contributed by atoms with Crippen LogP contribution in [0.3, 0.4) is 0 Å². The summed E-state index contributed by atoms with van der Waals surface area (Å²) in [4.78, 5) is 0. The summed E-state index contributed by atoms with van der Waals surface area (Å²) < 4.78 is 0. The zero-order valence-corrected chi connectivity index (χ0v) is 44.7. The van der Waals surface area contributed by atoms with Gasteiger partial charge in [-0.2, -0.15) is 24.3 Å². The molecule has 8 rings (SSSR count). The molecule has 0 saturated heterocycles. The first-order valence-electron chi connectivity index (χ1n) is 20.7. The van der Waals surface area contributed by atoms with Crippen LogP contribution < -0.4 is 24.8 Å². The molecule has 6 heteroatoms. The Morgan fingerprint density at radius 3 is 0.690 bits per heavy atom. The molecule has 0 saturated carbocycles. The predicted octanol–water partition coefficient (Wildman–Crippen LogP) is 9.62. The topological polar surface area (TPSA) is 0 Å². The monoisotopic (exact) mass is 994 g/mol. The second-order valence-corrected chi connectivity index (χ2v) is 33.7. The molecule has 0 nitrogen and oxygen atoms in total. The third-order valence-electron chi connectivity index (χ3n) is 8.87. The molecule has 0 radical (unpaired) electrons. The van der Waals surface area contributed by atoms with Crippen LogP contribution in [0, 0.1) is 0 Å².